The Morgan fingerprint density at radius 2 is 1.31 bits per heavy atom. The third-order valence-electron chi connectivity index (χ3n) is 5.33. The lowest BCUT2D eigenvalue weighted by Gasteiger charge is -2.11. The van der Waals surface area contributed by atoms with E-state index in [0.29, 0.717) is 23.6 Å². The van der Waals surface area contributed by atoms with Gasteiger partial charge < -0.3 is 24.8 Å². The molecule has 2 amide bonds. The van der Waals surface area contributed by atoms with Gasteiger partial charge >= 0.3 is 5.97 Å². The molecule has 3 aromatic rings. The summed E-state index contributed by atoms with van der Waals surface area (Å²) in [6.07, 6.45) is 0.494. The summed E-state index contributed by atoms with van der Waals surface area (Å²) in [5.74, 6) is 0.883. The van der Waals surface area contributed by atoms with Gasteiger partial charge in [-0.1, -0.05) is 18.2 Å². The van der Waals surface area contributed by atoms with Crippen molar-refractivity contribution in [1.29, 1.82) is 0 Å². The average molecular weight is 491 g/mol. The molecule has 0 unspecified atom stereocenters. The molecule has 188 valence electrons. The maximum atomic E-state index is 12.2. The van der Waals surface area contributed by atoms with Crippen molar-refractivity contribution in [2.45, 2.75) is 33.1 Å². The summed E-state index contributed by atoms with van der Waals surface area (Å²) < 4.78 is 15.9. The lowest BCUT2D eigenvalue weighted by atomic mass is 10.1. The van der Waals surface area contributed by atoms with Crippen LogP contribution < -0.4 is 20.1 Å². The molecule has 0 saturated heterocycles. The molecule has 0 aromatic heterocycles. The standard InChI is InChI=1S/C28H30N2O6/c1-19-6-4-7-20(2)28(19)30-26(32)18-35-27(33)9-5-8-25(31)29-21-10-12-23(13-11-21)36-24-16-14-22(34-3)15-17-24/h4,6-7,10-17H,5,8-9,18H2,1-3H3,(H,29,31)(H,30,32). The summed E-state index contributed by atoms with van der Waals surface area (Å²) >= 11 is 0. The van der Waals surface area contributed by atoms with Gasteiger partial charge in [-0.05, 0) is 79.9 Å². The molecule has 0 saturated carbocycles. The largest absolute Gasteiger partial charge is 0.497 e. The van der Waals surface area contributed by atoms with Gasteiger partial charge in [0.1, 0.15) is 17.2 Å². The number of esters is 1. The number of methoxy groups -OCH3 is 1. The van der Waals surface area contributed by atoms with Crippen molar-refractivity contribution in [3.05, 3.63) is 77.9 Å². The number of carbonyl (C=O) groups is 3. The van der Waals surface area contributed by atoms with Gasteiger partial charge in [0.15, 0.2) is 6.61 Å². The lowest BCUT2D eigenvalue weighted by Crippen LogP contribution is -2.22. The number of aryl methyl sites for hydroxylation is 2. The molecule has 0 radical (unpaired) electrons. The number of hydrogen-bond donors (Lipinski definition) is 2. The predicted octanol–water partition coefficient (Wildman–Crippen LogP) is 5.40. The number of hydrogen-bond acceptors (Lipinski definition) is 6. The van der Waals surface area contributed by atoms with Crippen molar-refractivity contribution in [3.8, 4) is 17.2 Å². The highest BCUT2D eigenvalue weighted by molar-refractivity contribution is 5.94. The second kappa shape index (κ2) is 12.9. The maximum Gasteiger partial charge on any atom is 0.306 e. The lowest BCUT2D eigenvalue weighted by molar-refractivity contribution is -0.147. The minimum Gasteiger partial charge on any atom is -0.497 e. The van der Waals surface area contributed by atoms with Gasteiger partial charge in [0.05, 0.1) is 7.11 Å². The summed E-state index contributed by atoms with van der Waals surface area (Å²) in [6.45, 7) is 3.42. The van der Waals surface area contributed by atoms with Crippen LogP contribution in [0, 0.1) is 13.8 Å². The summed E-state index contributed by atoms with van der Waals surface area (Å²) in [6, 6.07) is 19.9. The van der Waals surface area contributed by atoms with Crippen molar-refractivity contribution in [2.75, 3.05) is 24.4 Å². The smallest absolute Gasteiger partial charge is 0.306 e. The van der Waals surface area contributed by atoms with Crippen molar-refractivity contribution in [3.63, 3.8) is 0 Å². The molecule has 0 spiro atoms. The first kappa shape index (κ1) is 26.3. The van der Waals surface area contributed by atoms with Crippen LogP contribution in [0.2, 0.25) is 0 Å². The van der Waals surface area contributed by atoms with E-state index in [-0.39, 0.29) is 25.4 Å². The summed E-state index contributed by atoms with van der Waals surface area (Å²) in [4.78, 5) is 36.2. The monoisotopic (exact) mass is 490 g/mol. The third-order valence-corrected chi connectivity index (χ3v) is 5.33. The predicted molar refractivity (Wildman–Crippen MR) is 137 cm³/mol. The first-order valence-corrected chi connectivity index (χ1v) is 11.6. The minimum atomic E-state index is -0.528. The van der Waals surface area contributed by atoms with E-state index in [1.165, 1.54) is 0 Å². The van der Waals surface area contributed by atoms with E-state index >= 15 is 0 Å². The van der Waals surface area contributed by atoms with E-state index in [1.807, 2.05) is 32.0 Å². The highest BCUT2D eigenvalue weighted by Crippen LogP contribution is 2.25. The molecule has 0 heterocycles. The van der Waals surface area contributed by atoms with E-state index in [2.05, 4.69) is 10.6 Å². The van der Waals surface area contributed by atoms with Gasteiger partial charge in [-0.25, -0.2) is 0 Å². The number of carbonyl (C=O) groups excluding carboxylic acids is 3. The Bertz CT molecular complexity index is 1170. The van der Waals surface area contributed by atoms with Crippen LogP contribution in [0.25, 0.3) is 0 Å². The SMILES string of the molecule is COc1ccc(Oc2ccc(NC(=O)CCCC(=O)OCC(=O)Nc3c(C)cccc3C)cc2)cc1. The topological polar surface area (TPSA) is 103 Å². The minimum absolute atomic E-state index is 0.0404. The second-order valence-electron chi connectivity index (χ2n) is 8.18. The fourth-order valence-corrected chi connectivity index (χ4v) is 3.41. The van der Waals surface area contributed by atoms with Crippen LogP contribution in [-0.4, -0.2) is 31.5 Å². The molecule has 0 fully saturated rings. The average Bonchev–Trinajstić information content (AvgIpc) is 2.87. The molecule has 0 bridgehead atoms. The molecule has 8 nitrogen and oxygen atoms in total. The molecule has 8 heteroatoms. The number of ether oxygens (including phenoxy) is 3. The zero-order chi connectivity index (χ0) is 25.9. The molecule has 3 aromatic carbocycles. The Morgan fingerprint density at radius 1 is 0.722 bits per heavy atom. The van der Waals surface area contributed by atoms with Crippen LogP contribution in [-0.2, 0) is 19.1 Å². The number of para-hydroxylation sites is 1. The van der Waals surface area contributed by atoms with Crippen molar-refractivity contribution in [1.82, 2.24) is 0 Å². The Morgan fingerprint density at radius 3 is 1.92 bits per heavy atom. The van der Waals surface area contributed by atoms with Crippen LogP contribution in [0.5, 0.6) is 17.2 Å². The van der Waals surface area contributed by atoms with Crippen LogP contribution in [0.4, 0.5) is 11.4 Å². The molecule has 0 aliphatic carbocycles. The van der Waals surface area contributed by atoms with Gasteiger partial charge in [0, 0.05) is 24.2 Å². The van der Waals surface area contributed by atoms with Crippen molar-refractivity contribution in [2.24, 2.45) is 0 Å². The zero-order valence-corrected chi connectivity index (χ0v) is 20.6. The van der Waals surface area contributed by atoms with Crippen molar-refractivity contribution < 1.29 is 28.6 Å². The summed E-state index contributed by atoms with van der Waals surface area (Å²) in [5, 5.41) is 5.55. The Balaban J connectivity index is 1.34. The van der Waals surface area contributed by atoms with Crippen LogP contribution in [0.3, 0.4) is 0 Å². The van der Waals surface area contributed by atoms with E-state index in [9.17, 15) is 14.4 Å². The molecule has 2 N–H and O–H groups in total. The van der Waals surface area contributed by atoms with Crippen LogP contribution >= 0.6 is 0 Å². The highest BCUT2D eigenvalue weighted by Gasteiger charge is 2.11. The Kier molecular flexibility index (Phi) is 9.45. The fourth-order valence-electron chi connectivity index (χ4n) is 3.41. The second-order valence-corrected chi connectivity index (χ2v) is 8.18. The van der Waals surface area contributed by atoms with Crippen LogP contribution in [0.1, 0.15) is 30.4 Å². The van der Waals surface area contributed by atoms with Gasteiger partial charge in [-0.2, -0.15) is 0 Å². The zero-order valence-electron chi connectivity index (χ0n) is 20.6. The molecule has 3 rings (SSSR count). The van der Waals surface area contributed by atoms with E-state index in [4.69, 9.17) is 14.2 Å². The quantitative estimate of drug-likeness (QED) is 0.349. The first-order valence-electron chi connectivity index (χ1n) is 11.6. The summed E-state index contributed by atoms with van der Waals surface area (Å²) in [5.41, 5.74) is 3.20. The highest BCUT2D eigenvalue weighted by atomic mass is 16.5. The Labute approximate surface area is 210 Å². The number of benzene rings is 3. The summed E-state index contributed by atoms with van der Waals surface area (Å²) in [7, 11) is 1.60. The number of amides is 2. The number of anilines is 2. The molecule has 0 atom stereocenters. The van der Waals surface area contributed by atoms with Gasteiger partial charge in [0.25, 0.3) is 5.91 Å². The molecule has 0 aliphatic rings. The fraction of sp³-hybridized carbons (Fsp3) is 0.250. The van der Waals surface area contributed by atoms with E-state index < -0.39 is 11.9 Å². The molecular formula is C28H30N2O6. The van der Waals surface area contributed by atoms with Crippen molar-refractivity contribution >= 4 is 29.2 Å². The number of rotatable bonds is 11. The first-order chi connectivity index (χ1) is 17.3. The molecule has 36 heavy (non-hydrogen) atoms. The van der Waals surface area contributed by atoms with Gasteiger partial charge in [-0.3, -0.25) is 14.4 Å². The van der Waals surface area contributed by atoms with Gasteiger partial charge in [0.2, 0.25) is 5.91 Å². The number of nitrogens with one attached hydrogen (secondary N) is 2. The van der Waals surface area contributed by atoms with Gasteiger partial charge in [-0.15, -0.1) is 0 Å². The van der Waals surface area contributed by atoms with E-state index in [1.54, 1.807) is 55.6 Å². The molecule has 0 aliphatic heterocycles. The third kappa shape index (κ3) is 8.16. The molecular weight excluding hydrogens is 460 g/mol. The van der Waals surface area contributed by atoms with E-state index in [0.717, 1.165) is 22.6 Å². The normalized spacial score (nSPS) is 10.3. The maximum absolute atomic E-state index is 12.2. The Hall–Kier alpha value is -4.33. The van der Waals surface area contributed by atoms with Crippen LogP contribution in [0.15, 0.2) is 66.7 Å².